The monoisotopic (exact) mass is 432 g/mol. The molecule has 2 aliphatic carbocycles. The minimum absolute atomic E-state index is 0. The molecule has 0 atom stereocenters. The minimum Gasteiger partial charge on any atom is -1.00 e. The summed E-state index contributed by atoms with van der Waals surface area (Å²) in [4.78, 5) is 0. The van der Waals surface area contributed by atoms with E-state index in [1.807, 2.05) is 0 Å². The summed E-state index contributed by atoms with van der Waals surface area (Å²) in [6.45, 7) is 13.4. The first-order chi connectivity index (χ1) is 9.34. The van der Waals surface area contributed by atoms with Crippen LogP contribution >= 0.6 is 0 Å². The average Bonchev–Trinajstić information content (AvgIpc) is 3.03. The third-order valence-corrected chi connectivity index (χ3v) is 2.78. The smallest absolute Gasteiger partial charge is 1.00 e. The Morgan fingerprint density at radius 1 is 0.864 bits per heavy atom. The van der Waals surface area contributed by atoms with Crippen molar-refractivity contribution in [2.75, 3.05) is 0 Å². The molecule has 0 nitrogen and oxygen atoms in total. The van der Waals surface area contributed by atoms with Crippen LogP contribution in [0.3, 0.4) is 0 Å². The molecule has 0 heterocycles. The summed E-state index contributed by atoms with van der Waals surface area (Å²) in [5.41, 5.74) is 3.08. The molecule has 0 fully saturated rings. The second-order valence-corrected chi connectivity index (χ2v) is 15.2. The first kappa shape index (κ1) is 27.5. The molecule has 0 amide bonds. The summed E-state index contributed by atoms with van der Waals surface area (Å²) < 4.78 is 0. The fraction of sp³-hybridized carbons (Fsp3) is 0.556. The summed E-state index contributed by atoms with van der Waals surface area (Å²) in [5.74, 6) is 1.37. The average molecular weight is 435 g/mol. The van der Waals surface area contributed by atoms with Crippen molar-refractivity contribution in [1.82, 2.24) is 0 Å². The standard InChI is InChI=1S/2C8H11.C2H6Si.2ClH.Zr/c2*1-7(2)8-5-3-4-6-8;1-3-2;;;/h2*5-7H,3H2,1-2H3;1-2H3;2*1H;/q2*-1;;;;+2/p-2. The second kappa shape index (κ2) is 16.5. The van der Waals surface area contributed by atoms with Crippen molar-refractivity contribution in [2.45, 2.75) is 53.6 Å². The first-order valence-corrected chi connectivity index (χ1v) is 13.6. The van der Waals surface area contributed by atoms with E-state index >= 15 is 0 Å². The molecule has 2 rings (SSSR count). The molecule has 0 unspecified atom stereocenters. The Bertz CT molecular complexity index is 381. The Morgan fingerprint density at radius 3 is 1.23 bits per heavy atom. The van der Waals surface area contributed by atoms with Crippen LogP contribution in [0.1, 0.15) is 40.5 Å². The fourth-order valence-electron chi connectivity index (χ4n) is 1.63. The molecule has 2 aliphatic rings. The van der Waals surface area contributed by atoms with Gasteiger partial charge in [-0.15, -0.1) is 12.8 Å². The summed E-state index contributed by atoms with van der Waals surface area (Å²) in [7, 11) is 0. The van der Waals surface area contributed by atoms with Gasteiger partial charge in [0.25, 0.3) is 0 Å². The van der Waals surface area contributed by atoms with E-state index < -0.39 is 0 Å². The molecule has 124 valence electrons. The van der Waals surface area contributed by atoms with E-state index in [1.165, 1.54) is 11.1 Å². The Labute approximate surface area is 165 Å². The normalized spacial score (nSPS) is 14.1. The molecular weight excluding hydrogens is 406 g/mol. The van der Waals surface area contributed by atoms with Crippen molar-refractivity contribution >= 4 is 5.43 Å². The molecule has 0 aromatic carbocycles. The van der Waals surface area contributed by atoms with Gasteiger partial charge >= 0.3 is 41.9 Å². The maximum atomic E-state index is 3.14. The van der Waals surface area contributed by atoms with Crippen molar-refractivity contribution in [3.05, 3.63) is 47.6 Å². The zero-order valence-corrected chi connectivity index (χ0v) is 19.6. The summed E-state index contributed by atoms with van der Waals surface area (Å²) in [5, 5.41) is 0. The van der Waals surface area contributed by atoms with Gasteiger partial charge in [-0.25, -0.2) is 12.2 Å². The number of halogens is 2. The molecule has 4 heteroatoms. The Hall–Kier alpha value is 0.640. The SMILES string of the molecule is CC(C)C1=CC[C-]=C1.CC(C)C1=CC[C-]=C1.C[Si](C)=[Zr+2].[Cl-].[Cl-]. The summed E-state index contributed by atoms with van der Waals surface area (Å²) >= 11 is 1.74. The van der Waals surface area contributed by atoms with E-state index in [0.29, 0.717) is 11.8 Å². The number of hydrogen-bond donors (Lipinski definition) is 0. The molecule has 0 saturated heterocycles. The van der Waals surface area contributed by atoms with Crippen LogP contribution in [0.4, 0.5) is 0 Å². The minimum atomic E-state index is 0. The van der Waals surface area contributed by atoms with Gasteiger partial charge in [0.2, 0.25) is 0 Å². The van der Waals surface area contributed by atoms with Crippen molar-refractivity contribution in [3.8, 4) is 0 Å². The Kier molecular flexibility index (Phi) is 20.6. The van der Waals surface area contributed by atoms with Gasteiger partial charge < -0.3 is 24.8 Å². The molecule has 0 saturated carbocycles. The van der Waals surface area contributed by atoms with Gasteiger partial charge in [-0.1, -0.05) is 39.5 Å². The summed E-state index contributed by atoms with van der Waals surface area (Å²) in [6, 6.07) is 0. The first-order valence-electron chi connectivity index (χ1n) is 7.39. The van der Waals surface area contributed by atoms with E-state index in [0.717, 1.165) is 12.8 Å². The molecule has 0 spiro atoms. The van der Waals surface area contributed by atoms with Gasteiger partial charge in [0.05, 0.1) is 0 Å². The third kappa shape index (κ3) is 15.5. The van der Waals surface area contributed by atoms with Crippen molar-refractivity contribution in [3.63, 3.8) is 0 Å². The van der Waals surface area contributed by atoms with Crippen LogP contribution in [-0.4, -0.2) is 5.43 Å². The van der Waals surface area contributed by atoms with Crippen LogP contribution in [0, 0.1) is 24.0 Å². The van der Waals surface area contributed by atoms with Crippen molar-refractivity contribution in [2.24, 2.45) is 11.8 Å². The van der Waals surface area contributed by atoms with Gasteiger partial charge in [-0.3, -0.25) is 12.2 Å². The van der Waals surface area contributed by atoms with Crippen LogP contribution < -0.4 is 24.8 Å². The maximum Gasteiger partial charge on any atom is -1.00 e. The molecule has 0 radical (unpaired) electrons. The molecule has 0 aromatic heterocycles. The van der Waals surface area contributed by atoms with Gasteiger partial charge in [0.15, 0.2) is 0 Å². The van der Waals surface area contributed by atoms with Gasteiger partial charge in [0, 0.05) is 0 Å². The zero-order chi connectivity index (χ0) is 15.5. The van der Waals surface area contributed by atoms with E-state index in [1.54, 1.807) is 23.3 Å². The van der Waals surface area contributed by atoms with Crippen molar-refractivity contribution < 1.29 is 48.1 Å². The van der Waals surface area contributed by atoms with E-state index in [2.05, 4.69) is 77.2 Å². The zero-order valence-electron chi connectivity index (χ0n) is 14.6. The molecule has 0 aliphatic heterocycles. The Morgan fingerprint density at radius 2 is 1.14 bits per heavy atom. The number of hydrogen-bond acceptors (Lipinski definition) is 0. The number of allylic oxidation sites excluding steroid dienone is 8. The third-order valence-electron chi connectivity index (χ3n) is 2.78. The largest absolute Gasteiger partial charge is 1.00 e. The topological polar surface area (TPSA) is 0 Å². The molecule has 0 aromatic rings. The molecular formula is C18H28Cl2SiZr-2. The van der Waals surface area contributed by atoms with Gasteiger partial charge in [0.1, 0.15) is 0 Å². The fourth-order valence-corrected chi connectivity index (χ4v) is 1.63. The van der Waals surface area contributed by atoms with Crippen LogP contribution in [0.5, 0.6) is 0 Å². The predicted octanol–water partition coefficient (Wildman–Crippen LogP) is -0.544. The molecule has 22 heavy (non-hydrogen) atoms. The van der Waals surface area contributed by atoms with Gasteiger partial charge in [-0.2, -0.15) is 23.3 Å². The van der Waals surface area contributed by atoms with E-state index in [9.17, 15) is 0 Å². The molecule has 0 bridgehead atoms. The predicted molar refractivity (Wildman–Crippen MR) is 88.2 cm³/mol. The van der Waals surface area contributed by atoms with Crippen LogP contribution in [0.25, 0.3) is 0 Å². The van der Waals surface area contributed by atoms with E-state index in [-0.39, 0.29) is 30.2 Å². The van der Waals surface area contributed by atoms with Crippen LogP contribution in [0.2, 0.25) is 13.1 Å². The van der Waals surface area contributed by atoms with Crippen LogP contribution in [0.15, 0.2) is 35.5 Å². The quantitative estimate of drug-likeness (QED) is 0.405. The van der Waals surface area contributed by atoms with Crippen molar-refractivity contribution in [1.29, 1.82) is 0 Å². The van der Waals surface area contributed by atoms with Gasteiger partial charge in [-0.05, 0) is 0 Å². The van der Waals surface area contributed by atoms with E-state index in [4.69, 9.17) is 0 Å². The summed E-state index contributed by atoms with van der Waals surface area (Å²) in [6.07, 6.45) is 16.9. The van der Waals surface area contributed by atoms with Crippen LogP contribution in [-0.2, 0) is 23.3 Å². The number of rotatable bonds is 2. The Balaban J connectivity index is -0.000000249. The maximum absolute atomic E-state index is 3.14. The second-order valence-electron chi connectivity index (χ2n) is 5.82. The molecule has 0 N–H and O–H groups in total.